The number of hydrogen-bond donors (Lipinski definition) is 0. The van der Waals surface area contributed by atoms with E-state index >= 15 is 0 Å². The van der Waals surface area contributed by atoms with Gasteiger partial charge in [-0.25, -0.2) is 0 Å². The van der Waals surface area contributed by atoms with Crippen LogP contribution in [0.25, 0.3) is 0 Å². The maximum Gasteiger partial charge on any atom is 0.157 e. The van der Waals surface area contributed by atoms with Crippen molar-refractivity contribution in [1.29, 1.82) is 0 Å². The van der Waals surface area contributed by atoms with Crippen LogP contribution in [0.2, 0.25) is 0 Å². The molecule has 0 aromatic heterocycles. The summed E-state index contributed by atoms with van der Waals surface area (Å²) in [5.74, 6) is 0. The van der Waals surface area contributed by atoms with Gasteiger partial charge in [-0.05, 0) is 33.1 Å². The van der Waals surface area contributed by atoms with E-state index in [0.29, 0.717) is 0 Å². The van der Waals surface area contributed by atoms with Gasteiger partial charge in [0.1, 0.15) is 0 Å². The van der Waals surface area contributed by atoms with Crippen molar-refractivity contribution in [3.8, 4) is 0 Å². The van der Waals surface area contributed by atoms with E-state index in [9.17, 15) is 0 Å². The molecular formula is C16H33BrO2. The van der Waals surface area contributed by atoms with Crippen molar-refractivity contribution in [3.05, 3.63) is 0 Å². The van der Waals surface area contributed by atoms with Crippen LogP contribution in [0.3, 0.4) is 0 Å². The van der Waals surface area contributed by atoms with Gasteiger partial charge >= 0.3 is 0 Å². The van der Waals surface area contributed by atoms with Gasteiger partial charge in [0.2, 0.25) is 0 Å². The van der Waals surface area contributed by atoms with Crippen LogP contribution in [-0.2, 0) is 9.47 Å². The second-order valence-corrected chi connectivity index (χ2v) is 5.79. The fraction of sp³-hybridized carbons (Fsp3) is 1.00. The molecule has 0 N–H and O–H groups in total. The highest BCUT2D eigenvalue weighted by atomic mass is 79.9. The van der Waals surface area contributed by atoms with Crippen molar-refractivity contribution >= 4 is 15.9 Å². The van der Waals surface area contributed by atoms with Gasteiger partial charge in [-0.15, -0.1) is 0 Å². The molecule has 3 heteroatoms. The third-order valence-corrected chi connectivity index (χ3v) is 3.84. The number of alkyl halides is 1. The molecule has 0 amide bonds. The smallest absolute Gasteiger partial charge is 0.157 e. The summed E-state index contributed by atoms with van der Waals surface area (Å²) < 4.78 is 11.1. The van der Waals surface area contributed by atoms with E-state index in [-0.39, 0.29) is 6.29 Å². The van der Waals surface area contributed by atoms with E-state index in [4.69, 9.17) is 9.47 Å². The molecule has 19 heavy (non-hydrogen) atoms. The van der Waals surface area contributed by atoms with E-state index < -0.39 is 0 Å². The Bertz CT molecular complexity index is 159. The zero-order valence-corrected chi connectivity index (χ0v) is 14.6. The average Bonchev–Trinajstić information content (AvgIpc) is 2.41. The molecule has 2 nitrogen and oxygen atoms in total. The lowest BCUT2D eigenvalue weighted by Crippen LogP contribution is -2.17. The Morgan fingerprint density at radius 2 is 1.11 bits per heavy atom. The third kappa shape index (κ3) is 14.6. The van der Waals surface area contributed by atoms with Gasteiger partial charge in [-0.1, -0.05) is 60.9 Å². The van der Waals surface area contributed by atoms with E-state index in [1.165, 1.54) is 57.8 Å². The summed E-state index contributed by atoms with van der Waals surface area (Å²) in [6, 6.07) is 0. The van der Waals surface area contributed by atoms with Gasteiger partial charge in [0.15, 0.2) is 6.29 Å². The Kier molecular flexibility index (Phi) is 16.8. The lowest BCUT2D eigenvalue weighted by Gasteiger charge is -2.16. The molecule has 0 aliphatic carbocycles. The van der Waals surface area contributed by atoms with E-state index in [1.807, 2.05) is 13.8 Å². The maximum absolute atomic E-state index is 5.54. The van der Waals surface area contributed by atoms with Crippen LogP contribution in [-0.4, -0.2) is 24.8 Å². The number of rotatable bonds is 15. The summed E-state index contributed by atoms with van der Waals surface area (Å²) in [5, 5.41) is 1.16. The lowest BCUT2D eigenvalue weighted by molar-refractivity contribution is -0.140. The minimum atomic E-state index is 0.0271. The molecule has 0 fully saturated rings. The highest BCUT2D eigenvalue weighted by Crippen LogP contribution is 2.13. The van der Waals surface area contributed by atoms with Gasteiger partial charge in [0, 0.05) is 18.5 Å². The molecular weight excluding hydrogens is 304 g/mol. The SMILES string of the molecule is CCOC(CCCCCCCCCCCBr)OCC. The first-order valence-corrected chi connectivity index (χ1v) is 9.26. The van der Waals surface area contributed by atoms with Crippen LogP contribution in [0, 0.1) is 0 Å². The van der Waals surface area contributed by atoms with Crippen LogP contribution >= 0.6 is 15.9 Å². The van der Waals surface area contributed by atoms with Crippen molar-refractivity contribution in [3.63, 3.8) is 0 Å². The summed E-state index contributed by atoms with van der Waals surface area (Å²) >= 11 is 3.47. The van der Waals surface area contributed by atoms with Crippen LogP contribution < -0.4 is 0 Å². The molecule has 0 aromatic carbocycles. The summed E-state index contributed by atoms with van der Waals surface area (Å²) in [6.45, 7) is 5.56. The van der Waals surface area contributed by atoms with Crippen LogP contribution in [0.1, 0.15) is 78.1 Å². The van der Waals surface area contributed by atoms with Crippen molar-refractivity contribution in [2.24, 2.45) is 0 Å². The molecule has 0 rings (SSSR count). The second-order valence-electron chi connectivity index (χ2n) is 5.00. The third-order valence-electron chi connectivity index (χ3n) is 3.28. The highest BCUT2D eigenvalue weighted by molar-refractivity contribution is 9.09. The topological polar surface area (TPSA) is 18.5 Å². The number of hydrogen-bond acceptors (Lipinski definition) is 2. The molecule has 0 aliphatic heterocycles. The van der Waals surface area contributed by atoms with Gasteiger partial charge in [-0.2, -0.15) is 0 Å². The van der Waals surface area contributed by atoms with Crippen molar-refractivity contribution in [1.82, 2.24) is 0 Å². The van der Waals surface area contributed by atoms with Crippen LogP contribution in [0.5, 0.6) is 0 Å². The Morgan fingerprint density at radius 1 is 0.684 bits per heavy atom. The van der Waals surface area contributed by atoms with Crippen LogP contribution in [0.4, 0.5) is 0 Å². The molecule has 0 unspecified atom stereocenters. The molecule has 0 bridgehead atoms. The first kappa shape index (κ1) is 19.4. The molecule has 0 radical (unpaired) electrons. The Hall–Kier alpha value is 0.400. The standard InChI is InChI=1S/C16H33BrO2/c1-3-18-16(19-4-2)14-12-10-8-6-5-7-9-11-13-15-17/h16H,3-15H2,1-2H3. The summed E-state index contributed by atoms with van der Waals surface area (Å²) in [4.78, 5) is 0. The average molecular weight is 337 g/mol. The Balaban J connectivity index is 3.20. The fourth-order valence-electron chi connectivity index (χ4n) is 2.23. The molecule has 116 valence electrons. The molecule has 0 heterocycles. The first-order valence-electron chi connectivity index (χ1n) is 8.14. The van der Waals surface area contributed by atoms with E-state index in [1.54, 1.807) is 0 Å². The van der Waals surface area contributed by atoms with Crippen LogP contribution in [0.15, 0.2) is 0 Å². The van der Waals surface area contributed by atoms with Gasteiger partial charge in [0.25, 0.3) is 0 Å². The van der Waals surface area contributed by atoms with Crippen molar-refractivity contribution in [2.75, 3.05) is 18.5 Å². The number of ether oxygens (including phenoxy) is 2. The van der Waals surface area contributed by atoms with Gasteiger partial charge in [-0.3, -0.25) is 0 Å². The highest BCUT2D eigenvalue weighted by Gasteiger charge is 2.06. The summed E-state index contributed by atoms with van der Waals surface area (Å²) in [6.07, 6.45) is 13.3. The normalized spacial score (nSPS) is 11.4. The second kappa shape index (κ2) is 16.5. The molecule has 0 spiro atoms. The quantitative estimate of drug-likeness (QED) is 0.217. The summed E-state index contributed by atoms with van der Waals surface area (Å²) in [7, 11) is 0. The monoisotopic (exact) mass is 336 g/mol. The van der Waals surface area contributed by atoms with Gasteiger partial charge in [0.05, 0.1) is 0 Å². The Morgan fingerprint density at radius 3 is 1.53 bits per heavy atom. The minimum absolute atomic E-state index is 0.0271. The maximum atomic E-state index is 5.54. The molecule has 0 saturated heterocycles. The zero-order chi connectivity index (χ0) is 14.2. The number of halogens is 1. The fourth-order valence-corrected chi connectivity index (χ4v) is 2.63. The first-order chi connectivity index (χ1) is 9.35. The minimum Gasteiger partial charge on any atom is -0.353 e. The largest absolute Gasteiger partial charge is 0.353 e. The zero-order valence-electron chi connectivity index (χ0n) is 13.0. The van der Waals surface area contributed by atoms with E-state index in [2.05, 4.69) is 15.9 Å². The predicted molar refractivity (Wildman–Crippen MR) is 87.0 cm³/mol. The Labute approximate surface area is 128 Å². The predicted octanol–water partition coefficient (Wildman–Crippen LogP) is 5.68. The molecule has 0 atom stereocenters. The number of unbranched alkanes of at least 4 members (excludes halogenated alkanes) is 8. The van der Waals surface area contributed by atoms with Gasteiger partial charge < -0.3 is 9.47 Å². The molecule has 0 aromatic rings. The molecule has 0 aliphatic rings. The molecule has 0 saturated carbocycles. The van der Waals surface area contributed by atoms with E-state index in [0.717, 1.165) is 25.0 Å². The summed E-state index contributed by atoms with van der Waals surface area (Å²) in [5.41, 5.74) is 0. The van der Waals surface area contributed by atoms with Crippen molar-refractivity contribution < 1.29 is 9.47 Å². The van der Waals surface area contributed by atoms with Crippen molar-refractivity contribution in [2.45, 2.75) is 84.3 Å². The lowest BCUT2D eigenvalue weighted by atomic mass is 10.1.